The standard InChI is InChI=1S/C19H16N2O3/c22-18-15(7-8-16(20-18)17-6-3-11-24-17)19(23)21-10-9-13-4-1-2-5-14(13)12-21/h1-8,11H,9-10,12H2,(H,20,22). The van der Waals surface area contributed by atoms with Crippen LogP contribution in [0.1, 0.15) is 21.5 Å². The van der Waals surface area contributed by atoms with Crippen molar-refractivity contribution in [1.29, 1.82) is 0 Å². The molecule has 1 amide bonds. The van der Waals surface area contributed by atoms with Gasteiger partial charge in [0.1, 0.15) is 11.3 Å². The highest BCUT2D eigenvalue weighted by atomic mass is 16.3. The molecule has 0 saturated carbocycles. The number of nitrogens with zero attached hydrogens (tertiary/aromatic N) is 1. The van der Waals surface area contributed by atoms with Gasteiger partial charge in [-0.2, -0.15) is 0 Å². The van der Waals surface area contributed by atoms with E-state index in [0.717, 1.165) is 12.0 Å². The quantitative estimate of drug-likeness (QED) is 0.789. The molecule has 0 spiro atoms. The van der Waals surface area contributed by atoms with Crippen molar-refractivity contribution >= 4 is 5.91 Å². The lowest BCUT2D eigenvalue weighted by Crippen LogP contribution is -2.38. The maximum Gasteiger partial charge on any atom is 0.261 e. The largest absolute Gasteiger partial charge is 0.463 e. The van der Waals surface area contributed by atoms with Crippen LogP contribution in [0.15, 0.2) is 64.0 Å². The van der Waals surface area contributed by atoms with Crippen LogP contribution in [-0.2, 0) is 13.0 Å². The second-order valence-electron chi connectivity index (χ2n) is 5.84. The van der Waals surface area contributed by atoms with Crippen LogP contribution < -0.4 is 5.56 Å². The van der Waals surface area contributed by atoms with Gasteiger partial charge in [-0.1, -0.05) is 24.3 Å². The van der Waals surface area contributed by atoms with E-state index in [1.54, 1.807) is 29.2 Å². The van der Waals surface area contributed by atoms with Crippen molar-refractivity contribution in [3.05, 3.63) is 81.8 Å². The zero-order chi connectivity index (χ0) is 16.5. The van der Waals surface area contributed by atoms with Crippen molar-refractivity contribution in [3.8, 4) is 11.5 Å². The van der Waals surface area contributed by atoms with Crippen molar-refractivity contribution < 1.29 is 9.21 Å². The molecule has 4 rings (SSSR count). The zero-order valence-electron chi connectivity index (χ0n) is 13.0. The van der Waals surface area contributed by atoms with E-state index in [9.17, 15) is 9.59 Å². The summed E-state index contributed by atoms with van der Waals surface area (Å²) < 4.78 is 5.26. The molecule has 1 aromatic carbocycles. The number of carbonyl (C=O) groups is 1. The molecule has 0 fully saturated rings. The molecular formula is C19H16N2O3. The Bertz CT molecular complexity index is 941. The van der Waals surface area contributed by atoms with E-state index in [1.807, 2.05) is 18.2 Å². The van der Waals surface area contributed by atoms with Crippen LogP contribution in [0.2, 0.25) is 0 Å². The van der Waals surface area contributed by atoms with Gasteiger partial charge in [-0.25, -0.2) is 0 Å². The van der Waals surface area contributed by atoms with E-state index in [1.165, 1.54) is 11.8 Å². The summed E-state index contributed by atoms with van der Waals surface area (Å²) >= 11 is 0. The number of amides is 1. The van der Waals surface area contributed by atoms with Gasteiger partial charge in [0.25, 0.3) is 11.5 Å². The zero-order valence-corrected chi connectivity index (χ0v) is 13.0. The Labute approximate surface area is 138 Å². The van der Waals surface area contributed by atoms with Crippen LogP contribution in [0, 0.1) is 0 Å². The highest BCUT2D eigenvalue weighted by Gasteiger charge is 2.23. The number of fused-ring (bicyclic) bond motifs is 1. The van der Waals surface area contributed by atoms with Gasteiger partial charge in [-0.3, -0.25) is 9.59 Å². The molecule has 0 atom stereocenters. The molecule has 2 aromatic heterocycles. The molecule has 0 aliphatic carbocycles. The molecule has 3 aromatic rings. The van der Waals surface area contributed by atoms with Gasteiger partial charge >= 0.3 is 0 Å². The summed E-state index contributed by atoms with van der Waals surface area (Å²) in [5.41, 5.74) is 2.73. The van der Waals surface area contributed by atoms with Gasteiger partial charge in [0.15, 0.2) is 0 Å². The molecule has 0 radical (unpaired) electrons. The van der Waals surface area contributed by atoms with E-state index in [-0.39, 0.29) is 11.5 Å². The van der Waals surface area contributed by atoms with Crippen LogP contribution in [0.5, 0.6) is 0 Å². The SMILES string of the molecule is O=C(c1ccc(-c2ccco2)[nH]c1=O)N1CCc2ccccc2C1. The summed E-state index contributed by atoms with van der Waals surface area (Å²) in [4.78, 5) is 29.5. The topological polar surface area (TPSA) is 66.3 Å². The van der Waals surface area contributed by atoms with Crippen molar-refractivity contribution in [2.24, 2.45) is 0 Å². The molecular weight excluding hydrogens is 304 g/mol. The van der Waals surface area contributed by atoms with E-state index >= 15 is 0 Å². The van der Waals surface area contributed by atoms with Gasteiger partial charge in [0, 0.05) is 13.1 Å². The van der Waals surface area contributed by atoms with E-state index in [0.29, 0.717) is 24.5 Å². The number of pyridine rings is 1. The molecule has 0 unspecified atom stereocenters. The minimum atomic E-state index is -0.396. The first kappa shape index (κ1) is 14.5. The van der Waals surface area contributed by atoms with Crippen molar-refractivity contribution in [1.82, 2.24) is 9.88 Å². The maximum absolute atomic E-state index is 12.7. The smallest absolute Gasteiger partial charge is 0.261 e. The number of rotatable bonds is 2. The summed E-state index contributed by atoms with van der Waals surface area (Å²) in [6.07, 6.45) is 2.35. The van der Waals surface area contributed by atoms with Gasteiger partial charge < -0.3 is 14.3 Å². The fourth-order valence-corrected chi connectivity index (χ4v) is 3.06. The van der Waals surface area contributed by atoms with E-state index in [4.69, 9.17) is 4.42 Å². The fourth-order valence-electron chi connectivity index (χ4n) is 3.06. The lowest BCUT2D eigenvalue weighted by molar-refractivity contribution is 0.0733. The highest BCUT2D eigenvalue weighted by molar-refractivity contribution is 5.94. The van der Waals surface area contributed by atoms with Crippen LogP contribution in [0.4, 0.5) is 0 Å². The third-order valence-corrected chi connectivity index (χ3v) is 4.34. The minimum absolute atomic E-state index is 0.157. The lowest BCUT2D eigenvalue weighted by atomic mass is 9.99. The van der Waals surface area contributed by atoms with Gasteiger partial charge in [0.05, 0.1) is 12.0 Å². The average molecular weight is 320 g/mol. The lowest BCUT2D eigenvalue weighted by Gasteiger charge is -2.28. The third-order valence-electron chi connectivity index (χ3n) is 4.34. The van der Waals surface area contributed by atoms with Crippen molar-refractivity contribution in [2.75, 3.05) is 6.54 Å². The number of aromatic nitrogens is 1. The first-order valence-electron chi connectivity index (χ1n) is 7.85. The van der Waals surface area contributed by atoms with Gasteiger partial charge in [-0.05, 0) is 41.8 Å². The minimum Gasteiger partial charge on any atom is -0.463 e. The molecule has 1 aliphatic rings. The number of carbonyl (C=O) groups excluding carboxylic acids is 1. The fraction of sp³-hybridized carbons (Fsp3) is 0.158. The van der Waals surface area contributed by atoms with Crippen LogP contribution in [0.3, 0.4) is 0 Å². The number of aromatic amines is 1. The highest BCUT2D eigenvalue weighted by Crippen LogP contribution is 2.20. The molecule has 1 aliphatic heterocycles. The molecule has 5 nitrogen and oxygen atoms in total. The number of benzene rings is 1. The van der Waals surface area contributed by atoms with Crippen LogP contribution in [-0.4, -0.2) is 22.3 Å². The second-order valence-corrected chi connectivity index (χ2v) is 5.84. The Morgan fingerprint density at radius 3 is 2.62 bits per heavy atom. The molecule has 3 heterocycles. The summed E-state index contributed by atoms with van der Waals surface area (Å²) in [5, 5.41) is 0. The average Bonchev–Trinajstić information content (AvgIpc) is 3.15. The summed E-state index contributed by atoms with van der Waals surface area (Å²) in [7, 11) is 0. The van der Waals surface area contributed by atoms with Crippen LogP contribution in [0.25, 0.3) is 11.5 Å². The Morgan fingerprint density at radius 2 is 1.88 bits per heavy atom. The summed E-state index contributed by atoms with van der Waals surface area (Å²) in [6, 6.07) is 14.9. The number of hydrogen-bond donors (Lipinski definition) is 1. The Kier molecular flexibility index (Phi) is 3.54. The maximum atomic E-state index is 12.7. The third kappa shape index (κ3) is 2.54. The molecule has 5 heteroatoms. The van der Waals surface area contributed by atoms with Crippen molar-refractivity contribution in [3.63, 3.8) is 0 Å². The van der Waals surface area contributed by atoms with E-state index < -0.39 is 5.56 Å². The van der Waals surface area contributed by atoms with Crippen LogP contribution >= 0.6 is 0 Å². The van der Waals surface area contributed by atoms with Crippen molar-refractivity contribution in [2.45, 2.75) is 13.0 Å². The first-order chi connectivity index (χ1) is 11.7. The number of nitrogens with one attached hydrogen (secondary N) is 1. The predicted octanol–water partition coefficient (Wildman–Crippen LogP) is 2.83. The molecule has 0 saturated heterocycles. The Balaban J connectivity index is 1.60. The molecule has 0 bridgehead atoms. The van der Waals surface area contributed by atoms with Gasteiger partial charge in [0.2, 0.25) is 0 Å². The molecule has 1 N–H and O–H groups in total. The first-order valence-corrected chi connectivity index (χ1v) is 7.85. The second kappa shape index (κ2) is 5.85. The molecule has 24 heavy (non-hydrogen) atoms. The number of H-pyrrole nitrogens is 1. The summed E-state index contributed by atoms with van der Waals surface area (Å²) in [6.45, 7) is 1.16. The number of hydrogen-bond acceptors (Lipinski definition) is 3. The molecule has 120 valence electrons. The van der Waals surface area contributed by atoms with E-state index in [2.05, 4.69) is 11.1 Å². The summed E-state index contributed by atoms with van der Waals surface area (Å²) in [5.74, 6) is 0.328. The Hall–Kier alpha value is -3.08. The van der Waals surface area contributed by atoms with Gasteiger partial charge in [-0.15, -0.1) is 0 Å². The predicted molar refractivity (Wildman–Crippen MR) is 89.7 cm³/mol. The Morgan fingerprint density at radius 1 is 1.04 bits per heavy atom. The number of furan rings is 1. The monoisotopic (exact) mass is 320 g/mol. The normalized spacial score (nSPS) is 13.6.